The van der Waals surface area contributed by atoms with Crippen LogP contribution in [0.25, 0.3) is 0 Å². The summed E-state index contributed by atoms with van der Waals surface area (Å²) < 4.78 is 13.4. The Morgan fingerprint density at radius 3 is 2.58 bits per heavy atom. The maximum absolute atomic E-state index is 13.4. The van der Waals surface area contributed by atoms with Gasteiger partial charge in [0.2, 0.25) is 5.91 Å². The quantitative estimate of drug-likeness (QED) is 0.678. The summed E-state index contributed by atoms with van der Waals surface area (Å²) in [5, 5.41) is 13.5. The largest absolute Gasteiger partial charge is 0.368 e. The molecule has 6 nitrogen and oxygen atoms in total. The highest BCUT2D eigenvalue weighted by Gasteiger charge is 2.22. The van der Waals surface area contributed by atoms with E-state index in [1.54, 1.807) is 21.0 Å². The van der Waals surface area contributed by atoms with Gasteiger partial charge in [-0.25, -0.2) is 4.39 Å². The summed E-state index contributed by atoms with van der Waals surface area (Å²) in [6.45, 7) is 1.55. The molecule has 0 spiro atoms. The van der Waals surface area contributed by atoms with Gasteiger partial charge in [0.1, 0.15) is 17.5 Å². The molecule has 0 aliphatic carbocycles. The Morgan fingerprint density at radius 1 is 1.53 bits per heavy atom. The van der Waals surface area contributed by atoms with Crippen molar-refractivity contribution in [3.63, 3.8) is 0 Å². The van der Waals surface area contributed by atoms with Crippen molar-refractivity contribution in [2.75, 3.05) is 19.4 Å². The van der Waals surface area contributed by atoms with E-state index in [0.717, 1.165) is 12.1 Å². The highest BCUT2D eigenvalue weighted by atomic mass is 79.9. The number of rotatable bonds is 4. The number of nitrogens with zero attached hydrogens (tertiary/aromatic N) is 2. The second-order valence-corrected chi connectivity index (χ2v) is 4.99. The molecular weight excluding hydrogens is 321 g/mol. The molecule has 0 aromatic heterocycles. The lowest BCUT2D eigenvalue weighted by Crippen LogP contribution is -2.36. The van der Waals surface area contributed by atoms with Crippen LogP contribution in [-0.2, 0) is 4.79 Å². The second-order valence-electron chi connectivity index (χ2n) is 4.14. The minimum atomic E-state index is -0.700. The van der Waals surface area contributed by atoms with E-state index >= 15 is 0 Å². The number of amides is 1. The standard InChI is InChI=1S/C11H13BrFN3O3/c1-6(11(17)15(2)3)14-9-5-8(13)7(12)4-10(9)16(18)19/h4-6,14H,1-3H3. The summed E-state index contributed by atoms with van der Waals surface area (Å²) in [5.41, 5.74) is -0.333. The molecule has 1 atom stereocenters. The van der Waals surface area contributed by atoms with E-state index in [1.165, 1.54) is 4.90 Å². The number of carbonyl (C=O) groups is 1. The average molecular weight is 334 g/mol. The van der Waals surface area contributed by atoms with Gasteiger partial charge in [0, 0.05) is 26.2 Å². The number of halogens is 2. The molecule has 0 saturated carbocycles. The Balaban J connectivity index is 3.10. The third kappa shape index (κ3) is 3.63. The van der Waals surface area contributed by atoms with Gasteiger partial charge in [-0.05, 0) is 22.9 Å². The lowest BCUT2D eigenvalue weighted by Gasteiger charge is -2.19. The van der Waals surface area contributed by atoms with Gasteiger partial charge in [-0.2, -0.15) is 0 Å². The lowest BCUT2D eigenvalue weighted by atomic mass is 10.2. The van der Waals surface area contributed by atoms with Crippen LogP contribution < -0.4 is 5.32 Å². The zero-order valence-corrected chi connectivity index (χ0v) is 12.2. The predicted octanol–water partition coefficient (Wildman–Crippen LogP) is 2.39. The maximum Gasteiger partial charge on any atom is 0.293 e. The van der Waals surface area contributed by atoms with Crippen LogP contribution in [-0.4, -0.2) is 35.9 Å². The summed E-state index contributed by atoms with van der Waals surface area (Å²) in [6, 6.07) is 1.35. The molecule has 1 aromatic carbocycles. The molecule has 0 radical (unpaired) electrons. The smallest absolute Gasteiger partial charge is 0.293 e. The first-order valence-electron chi connectivity index (χ1n) is 5.35. The first-order valence-corrected chi connectivity index (χ1v) is 6.14. The molecule has 1 unspecified atom stereocenters. The molecule has 8 heteroatoms. The number of nitro groups is 1. The number of anilines is 1. The highest BCUT2D eigenvalue weighted by molar-refractivity contribution is 9.10. The zero-order valence-electron chi connectivity index (χ0n) is 10.6. The number of hydrogen-bond donors (Lipinski definition) is 1. The topological polar surface area (TPSA) is 75.5 Å². The highest BCUT2D eigenvalue weighted by Crippen LogP contribution is 2.31. The van der Waals surface area contributed by atoms with Gasteiger partial charge < -0.3 is 10.2 Å². The molecule has 0 aliphatic rings. The van der Waals surface area contributed by atoms with Crippen LogP contribution >= 0.6 is 15.9 Å². The normalized spacial score (nSPS) is 11.8. The van der Waals surface area contributed by atoms with E-state index < -0.39 is 16.8 Å². The molecular formula is C11H13BrFN3O3. The fourth-order valence-electron chi connectivity index (χ4n) is 1.49. The minimum absolute atomic E-state index is 0.00339. The second kappa shape index (κ2) is 5.96. The molecule has 1 rings (SSSR count). The van der Waals surface area contributed by atoms with Gasteiger partial charge >= 0.3 is 0 Å². The van der Waals surface area contributed by atoms with Crippen LogP contribution in [0.2, 0.25) is 0 Å². The van der Waals surface area contributed by atoms with Crippen molar-refractivity contribution < 1.29 is 14.1 Å². The minimum Gasteiger partial charge on any atom is -0.368 e. The van der Waals surface area contributed by atoms with Crippen molar-refractivity contribution >= 4 is 33.2 Å². The third-order valence-corrected chi connectivity index (χ3v) is 3.03. The number of carbonyl (C=O) groups excluding carboxylic acids is 1. The predicted molar refractivity (Wildman–Crippen MR) is 72.5 cm³/mol. The summed E-state index contributed by atoms with van der Waals surface area (Å²) in [5.74, 6) is -0.907. The number of benzene rings is 1. The fraction of sp³-hybridized carbons (Fsp3) is 0.364. The number of hydrogen-bond acceptors (Lipinski definition) is 4. The van der Waals surface area contributed by atoms with E-state index in [1.807, 2.05) is 0 Å². The molecule has 0 saturated heterocycles. The van der Waals surface area contributed by atoms with Crippen LogP contribution in [0.1, 0.15) is 6.92 Å². The molecule has 0 fully saturated rings. The van der Waals surface area contributed by atoms with Gasteiger partial charge in [-0.1, -0.05) is 0 Å². The van der Waals surface area contributed by atoms with Gasteiger partial charge in [0.25, 0.3) is 5.69 Å². The lowest BCUT2D eigenvalue weighted by molar-refractivity contribution is -0.384. The van der Waals surface area contributed by atoms with Crippen molar-refractivity contribution in [2.45, 2.75) is 13.0 Å². The van der Waals surface area contributed by atoms with Crippen LogP contribution in [0.3, 0.4) is 0 Å². The third-order valence-electron chi connectivity index (χ3n) is 2.42. The zero-order chi connectivity index (χ0) is 14.7. The molecule has 19 heavy (non-hydrogen) atoms. The van der Waals surface area contributed by atoms with Crippen LogP contribution in [0.5, 0.6) is 0 Å². The molecule has 1 aromatic rings. The summed E-state index contributed by atoms with van der Waals surface area (Å²) in [6.07, 6.45) is 0. The first kappa shape index (κ1) is 15.4. The summed E-state index contributed by atoms with van der Waals surface area (Å²) in [4.78, 5) is 23.3. The van der Waals surface area contributed by atoms with E-state index in [9.17, 15) is 19.3 Å². The monoisotopic (exact) mass is 333 g/mol. The molecule has 0 heterocycles. The van der Waals surface area contributed by atoms with Crippen LogP contribution in [0.15, 0.2) is 16.6 Å². The molecule has 1 amide bonds. The van der Waals surface area contributed by atoms with Gasteiger partial charge in [-0.15, -0.1) is 0 Å². The van der Waals surface area contributed by atoms with Crippen molar-refractivity contribution in [3.8, 4) is 0 Å². The number of nitro benzene ring substituents is 1. The Labute approximate surface area is 117 Å². The molecule has 1 N–H and O–H groups in total. The van der Waals surface area contributed by atoms with Crippen molar-refractivity contribution in [1.29, 1.82) is 0 Å². The molecule has 0 bridgehead atoms. The van der Waals surface area contributed by atoms with Crippen LogP contribution in [0.4, 0.5) is 15.8 Å². The molecule has 0 aliphatic heterocycles. The summed E-state index contributed by atoms with van der Waals surface area (Å²) in [7, 11) is 3.13. The Morgan fingerprint density at radius 2 is 2.11 bits per heavy atom. The van der Waals surface area contributed by atoms with E-state index in [2.05, 4.69) is 21.2 Å². The van der Waals surface area contributed by atoms with Gasteiger partial charge in [-0.3, -0.25) is 14.9 Å². The number of nitrogens with one attached hydrogen (secondary N) is 1. The fourth-order valence-corrected chi connectivity index (χ4v) is 1.82. The van der Waals surface area contributed by atoms with E-state index in [0.29, 0.717) is 0 Å². The Bertz CT molecular complexity index is 522. The van der Waals surface area contributed by atoms with Gasteiger partial charge in [0.05, 0.1) is 9.40 Å². The Hall–Kier alpha value is -1.70. The van der Waals surface area contributed by atoms with Crippen molar-refractivity contribution in [2.24, 2.45) is 0 Å². The Kier molecular flexibility index (Phi) is 4.82. The van der Waals surface area contributed by atoms with Crippen molar-refractivity contribution in [3.05, 3.63) is 32.5 Å². The average Bonchev–Trinajstić information content (AvgIpc) is 2.31. The van der Waals surface area contributed by atoms with E-state index in [4.69, 9.17) is 0 Å². The van der Waals surface area contributed by atoms with Crippen LogP contribution in [0, 0.1) is 15.9 Å². The molecule has 104 valence electrons. The van der Waals surface area contributed by atoms with Gasteiger partial charge in [0.15, 0.2) is 0 Å². The summed E-state index contributed by atoms with van der Waals surface area (Å²) >= 11 is 2.88. The van der Waals surface area contributed by atoms with Crippen molar-refractivity contribution in [1.82, 2.24) is 4.90 Å². The number of likely N-dealkylation sites (N-methyl/N-ethyl adjacent to an activating group) is 1. The first-order chi connectivity index (χ1) is 8.73. The van der Waals surface area contributed by atoms with E-state index in [-0.39, 0.29) is 21.8 Å². The SMILES string of the molecule is CC(Nc1cc(F)c(Br)cc1[N+](=O)[O-])C(=O)N(C)C. The maximum atomic E-state index is 13.4.